The molecule has 0 amide bonds. The number of aryl methyl sites for hydroxylation is 1. The number of aromatic amines is 1. The fourth-order valence-corrected chi connectivity index (χ4v) is 3.13. The van der Waals surface area contributed by atoms with E-state index in [-0.39, 0.29) is 5.56 Å². The van der Waals surface area contributed by atoms with Crippen molar-refractivity contribution in [3.05, 3.63) is 40.0 Å². The first-order chi connectivity index (χ1) is 12.2. The van der Waals surface area contributed by atoms with Crippen molar-refractivity contribution in [2.45, 2.75) is 26.4 Å². The molecule has 1 aliphatic heterocycles. The van der Waals surface area contributed by atoms with E-state index in [0.29, 0.717) is 42.4 Å². The Balaban J connectivity index is 1.61. The van der Waals surface area contributed by atoms with Crippen molar-refractivity contribution >= 4 is 11.0 Å². The van der Waals surface area contributed by atoms with E-state index in [2.05, 4.69) is 29.9 Å². The molecule has 25 heavy (non-hydrogen) atoms. The van der Waals surface area contributed by atoms with Gasteiger partial charge in [0.2, 0.25) is 5.88 Å². The molecule has 0 saturated carbocycles. The van der Waals surface area contributed by atoms with Crippen molar-refractivity contribution < 1.29 is 4.74 Å². The van der Waals surface area contributed by atoms with Gasteiger partial charge in [0.25, 0.3) is 5.56 Å². The van der Waals surface area contributed by atoms with Crippen LogP contribution in [0.25, 0.3) is 11.0 Å². The Morgan fingerprint density at radius 3 is 3.08 bits per heavy atom. The monoisotopic (exact) mass is 341 g/mol. The van der Waals surface area contributed by atoms with Crippen molar-refractivity contribution in [1.29, 1.82) is 0 Å². The molecule has 0 bridgehead atoms. The largest absolute Gasteiger partial charge is 0.478 e. The second-order valence-corrected chi connectivity index (χ2v) is 6.02. The maximum atomic E-state index is 12.2. The van der Waals surface area contributed by atoms with E-state index in [1.54, 1.807) is 18.1 Å². The van der Waals surface area contributed by atoms with E-state index in [9.17, 15) is 4.79 Å². The Morgan fingerprint density at radius 1 is 1.36 bits per heavy atom. The molecule has 0 aliphatic carbocycles. The average Bonchev–Trinajstić information content (AvgIpc) is 2.97. The molecule has 9 heteroatoms. The standard InChI is InChI=1S/C16H19N7O2/c1-3-25-16-11-7-23(5-4-12(11)17-9-18-16)8-13-20-14-10(15(24)21-13)6-19-22(14)2/h6,9H,3-5,7-8H2,1-2H3,(H,20,21,24). The van der Waals surface area contributed by atoms with Gasteiger partial charge >= 0.3 is 0 Å². The van der Waals surface area contributed by atoms with Crippen LogP contribution in [0.3, 0.4) is 0 Å². The topological polar surface area (TPSA) is 102 Å². The van der Waals surface area contributed by atoms with Gasteiger partial charge in [-0.2, -0.15) is 5.10 Å². The van der Waals surface area contributed by atoms with Crippen molar-refractivity contribution in [2.24, 2.45) is 7.05 Å². The number of nitrogens with zero attached hydrogens (tertiary/aromatic N) is 6. The maximum absolute atomic E-state index is 12.2. The third-order valence-corrected chi connectivity index (χ3v) is 4.35. The molecule has 130 valence electrons. The van der Waals surface area contributed by atoms with Crippen LogP contribution in [0.5, 0.6) is 5.88 Å². The lowest BCUT2D eigenvalue weighted by molar-refractivity contribution is 0.226. The lowest BCUT2D eigenvalue weighted by atomic mass is 10.1. The molecule has 4 heterocycles. The summed E-state index contributed by atoms with van der Waals surface area (Å²) in [6, 6.07) is 0. The molecule has 0 radical (unpaired) electrons. The minimum Gasteiger partial charge on any atom is -0.478 e. The summed E-state index contributed by atoms with van der Waals surface area (Å²) in [5, 5.41) is 4.60. The van der Waals surface area contributed by atoms with Gasteiger partial charge < -0.3 is 9.72 Å². The first kappa shape index (κ1) is 15.7. The fraction of sp³-hybridized carbons (Fsp3) is 0.438. The highest BCUT2D eigenvalue weighted by atomic mass is 16.5. The number of rotatable bonds is 4. The van der Waals surface area contributed by atoms with Crippen LogP contribution in [0.15, 0.2) is 17.3 Å². The SMILES string of the molecule is CCOc1ncnc2c1CN(Cc1nc3c(cnn3C)c(=O)[nH]1)CC2. The predicted molar refractivity (Wildman–Crippen MR) is 90.1 cm³/mol. The molecule has 0 atom stereocenters. The van der Waals surface area contributed by atoms with E-state index in [4.69, 9.17) is 4.74 Å². The summed E-state index contributed by atoms with van der Waals surface area (Å²) in [5.74, 6) is 1.26. The smallest absolute Gasteiger partial charge is 0.262 e. The summed E-state index contributed by atoms with van der Waals surface area (Å²) in [7, 11) is 1.78. The molecule has 0 saturated heterocycles. The van der Waals surface area contributed by atoms with Gasteiger partial charge in [0, 0.05) is 32.1 Å². The summed E-state index contributed by atoms with van der Waals surface area (Å²) < 4.78 is 7.23. The zero-order valence-corrected chi connectivity index (χ0v) is 14.2. The number of H-pyrrole nitrogens is 1. The van der Waals surface area contributed by atoms with E-state index >= 15 is 0 Å². The van der Waals surface area contributed by atoms with E-state index < -0.39 is 0 Å². The normalized spacial score (nSPS) is 14.6. The fourth-order valence-electron chi connectivity index (χ4n) is 3.13. The van der Waals surface area contributed by atoms with Crippen molar-refractivity contribution in [2.75, 3.05) is 13.2 Å². The van der Waals surface area contributed by atoms with Gasteiger partial charge in [-0.05, 0) is 6.92 Å². The molecule has 1 aliphatic rings. The van der Waals surface area contributed by atoms with Crippen LogP contribution in [0.1, 0.15) is 24.0 Å². The number of hydrogen-bond donors (Lipinski definition) is 1. The zero-order valence-electron chi connectivity index (χ0n) is 14.2. The lowest BCUT2D eigenvalue weighted by Gasteiger charge is -2.28. The number of fused-ring (bicyclic) bond motifs is 2. The van der Waals surface area contributed by atoms with Crippen LogP contribution < -0.4 is 10.3 Å². The van der Waals surface area contributed by atoms with Crippen molar-refractivity contribution in [3.8, 4) is 5.88 Å². The first-order valence-electron chi connectivity index (χ1n) is 8.24. The quantitative estimate of drug-likeness (QED) is 0.733. The van der Waals surface area contributed by atoms with Crippen LogP contribution >= 0.6 is 0 Å². The average molecular weight is 341 g/mol. The summed E-state index contributed by atoms with van der Waals surface area (Å²) in [4.78, 5) is 30.4. The predicted octanol–water partition coefficient (Wildman–Crippen LogP) is 0.404. The molecule has 4 rings (SSSR count). The highest BCUT2D eigenvalue weighted by molar-refractivity contribution is 5.72. The summed E-state index contributed by atoms with van der Waals surface area (Å²) in [6.07, 6.45) is 3.90. The molecular weight excluding hydrogens is 322 g/mol. The molecule has 0 unspecified atom stereocenters. The van der Waals surface area contributed by atoms with Gasteiger partial charge in [0.15, 0.2) is 5.65 Å². The van der Waals surface area contributed by atoms with Gasteiger partial charge in [0.05, 0.1) is 25.0 Å². The van der Waals surface area contributed by atoms with Gasteiger partial charge in [-0.3, -0.25) is 14.4 Å². The molecule has 0 spiro atoms. The Hall–Kier alpha value is -2.81. The van der Waals surface area contributed by atoms with E-state index in [1.807, 2.05) is 6.92 Å². The highest BCUT2D eigenvalue weighted by Crippen LogP contribution is 2.25. The van der Waals surface area contributed by atoms with Crippen LogP contribution in [0.4, 0.5) is 0 Å². The van der Waals surface area contributed by atoms with Crippen molar-refractivity contribution in [1.82, 2.24) is 34.6 Å². The molecule has 9 nitrogen and oxygen atoms in total. The molecule has 1 N–H and O–H groups in total. The van der Waals surface area contributed by atoms with Crippen LogP contribution in [-0.4, -0.2) is 47.8 Å². The van der Waals surface area contributed by atoms with Crippen LogP contribution in [0.2, 0.25) is 0 Å². The highest BCUT2D eigenvalue weighted by Gasteiger charge is 2.22. The Labute approximate surface area is 143 Å². The summed E-state index contributed by atoms with van der Waals surface area (Å²) in [5.41, 5.74) is 2.47. The number of hydrogen-bond acceptors (Lipinski definition) is 7. The minimum absolute atomic E-state index is 0.163. The number of nitrogens with one attached hydrogen (secondary N) is 1. The lowest BCUT2D eigenvalue weighted by Crippen LogP contribution is -2.32. The Kier molecular flexibility index (Phi) is 3.92. The van der Waals surface area contributed by atoms with Gasteiger partial charge in [0.1, 0.15) is 17.5 Å². The molecule has 0 fully saturated rings. The first-order valence-corrected chi connectivity index (χ1v) is 8.24. The number of ether oxygens (including phenoxy) is 1. The van der Waals surface area contributed by atoms with Gasteiger partial charge in [-0.15, -0.1) is 0 Å². The molecular formula is C16H19N7O2. The second kappa shape index (κ2) is 6.25. The van der Waals surface area contributed by atoms with Crippen LogP contribution in [0, 0.1) is 0 Å². The van der Waals surface area contributed by atoms with E-state index in [1.165, 1.54) is 6.20 Å². The Bertz CT molecular complexity index is 978. The third-order valence-electron chi connectivity index (χ3n) is 4.35. The second-order valence-electron chi connectivity index (χ2n) is 6.02. The summed E-state index contributed by atoms with van der Waals surface area (Å²) >= 11 is 0. The van der Waals surface area contributed by atoms with Gasteiger partial charge in [-0.25, -0.2) is 15.0 Å². The Morgan fingerprint density at radius 2 is 2.24 bits per heavy atom. The van der Waals surface area contributed by atoms with E-state index in [0.717, 1.165) is 24.2 Å². The minimum atomic E-state index is -0.163. The zero-order chi connectivity index (χ0) is 17.4. The third kappa shape index (κ3) is 2.86. The van der Waals surface area contributed by atoms with Crippen LogP contribution in [-0.2, 0) is 26.6 Å². The van der Waals surface area contributed by atoms with Gasteiger partial charge in [-0.1, -0.05) is 0 Å². The summed E-state index contributed by atoms with van der Waals surface area (Å²) in [6.45, 7) is 4.54. The molecule has 3 aromatic rings. The number of aromatic nitrogens is 6. The maximum Gasteiger partial charge on any atom is 0.262 e. The molecule has 0 aromatic carbocycles. The van der Waals surface area contributed by atoms with Crippen molar-refractivity contribution in [3.63, 3.8) is 0 Å². The molecule has 3 aromatic heterocycles.